The number of aryl methyl sites for hydroxylation is 1. The fourth-order valence-corrected chi connectivity index (χ4v) is 4.67. The number of nitrogens with zero attached hydrogens (tertiary/aromatic N) is 1. The van der Waals surface area contributed by atoms with Crippen molar-refractivity contribution >= 4 is 43.8 Å². The second-order valence-corrected chi connectivity index (χ2v) is 7.96. The maximum Gasteiger partial charge on any atom is 0.251 e. The van der Waals surface area contributed by atoms with E-state index in [4.69, 9.17) is 0 Å². The molecular weight excluding hydrogens is 368 g/mol. The van der Waals surface area contributed by atoms with Crippen molar-refractivity contribution in [2.24, 2.45) is 0 Å². The summed E-state index contributed by atoms with van der Waals surface area (Å²) >= 11 is 1.64. The molecule has 28 heavy (non-hydrogen) atoms. The molecule has 0 aliphatic rings. The number of anilines is 2. The first kappa shape index (κ1) is 16.8. The number of aromatic amines is 2. The molecule has 0 aliphatic heterocycles. The second kappa shape index (κ2) is 6.35. The fraction of sp³-hybridized carbons (Fsp3) is 0.0909. The number of hydrogen-bond acceptors (Lipinski definition) is 4. The van der Waals surface area contributed by atoms with E-state index in [-0.39, 0.29) is 5.56 Å². The van der Waals surface area contributed by atoms with Crippen molar-refractivity contribution in [1.29, 1.82) is 0 Å². The standard InChI is InChI=1S/C22H18N4OS/c1-12-9-14-10-15(3-4-17(14)25-12)26-18-6-8-23-19-11-20(28-21(18)19)16-5-7-24-22(27)13(16)2/h3-11,25H,1-2H3,(H,23,26)(H,24,27). The van der Waals surface area contributed by atoms with E-state index in [0.29, 0.717) is 0 Å². The summed E-state index contributed by atoms with van der Waals surface area (Å²) in [6, 6.07) is 14.4. The van der Waals surface area contributed by atoms with Gasteiger partial charge in [0.25, 0.3) is 5.56 Å². The molecule has 0 aliphatic carbocycles. The average molecular weight is 386 g/mol. The summed E-state index contributed by atoms with van der Waals surface area (Å²) < 4.78 is 1.07. The number of aromatic nitrogens is 3. The van der Waals surface area contributed by atoms with Crippen LogP contribution in [0.5, 0.6) is 0 Å². The maximum absolute atomic E-state index is 12.0. The van der Waals surface area contributed by atoms with Gasteiger partial charge in [-0.15, -0.1) is 11.3 Å². The van der Waals surface area contributed by atoms with Gasteiger partial charge in [0.05, 0.1) is 15.9 Å². The van der Waals surface area contributed by atoms with Crippen molar-refractivity contribution in [3.05, 3.63) is 76.5 Å². The van der Waals surface area contributed by atoms with E-state index in [1.165, 1.54) is 5.39 Å². The highest BCUT2D eigenvalue weighted by Gasteiger charge is 2.12. The predicted octanol–water partition coefficient (Wildman–Crippen LogP) is 5.49. The fourth-order valence-electron chi connectivity index (χ4n) is 3.50. The topological polar surface area (TPSA) is 73.6 Å². The Morgan fingerprint density at radius 2 is 1.96 bits per heavy atom. The van der Waals surface area contributed by atoms with Crippen LogP contribution in [0.4, 0.5) is 11.4 Å². The Morgan fingerprint density at radius 3 is 2.86 bits per heavy atom. The van der Waals surface area contributed by atoms with Crippen LogP contribution in [0.15, 0.2) is 59.7 Å². The Hall–Kier alpha value is -3.38. The zero-order valence-corrected chi connectivity index (χ0v) is 16.3. The lowest BCUT2D eigenvalue weighted by molar-refractivity contribution is 1.19. The molecule has 0 saturated carbocycles. The van der Waals surface area contributed by atoms with Gasteiger partial charge < -0.3 is 15.3 Å². The van der Waals surface area contributed by atoms with Crippen molar-refractivity contribution < 1.29 is 0 Å². The first-order valence-electron chi connectivity index (χ1n) is 9.02. The minimum absolute atomic E-state index is 0.0589. The molecule has 0 unspecified atom stereocenters. The van der Waals surface area contributed by atoms with E-state index < -0.39 is 0 Å². The van der Waals surface area contributed by atoms with Gasteiger partial charge in [-0.2, -0.15) is 0 Å². The minimum Gasteiger partial charge on any atom is -0.359 e. The first-order chi connectivity index (χ1) is 13.6. The molecule has 0 saturated heterocycles. The largest absolute Gasteiger partial charge is 0.359 e. The molecule has 0 amide bonds. The number of benzene rings is 1. The predicted molar refractivity (Wildman–Crippen MR) is 117 cm³/mol. The monoisotopic (exact) mass is 386 g/mol. The summed E-state index contributed by atoms with van der Waals surface area (Å²) in [7, 11) is 0. The molecule has 6 heteroatoms. The van der Waals surface area contributed by atoms with Gasteiger partial charge in [-0.25, -0.2) is 0 Å². The Bertz CT molecular complexity index is 1390. The molecule has 0 spiro atoms. The molecule has 138 valence electrons. The van der Waals surface area contributed by atoms with E-state index in [2.05, 4.69) is 51.5 Å². The van der Waals surface area contributed by atoms with E-state index in [0.717, 1.165) is 48.8 Å². The summed E-state index contributed by atoms with van der Waals surface area (Å²) in [5.41, 5.74) is 6.84. The van der Waals surface area contributed by atoms with Gasteiger partial charge in [0, 0.05) is 50.7 Å². The van der Waals surface area contributed by atoms with Crippen LogP contribution in [-0.4, -0.2) is 15.0 Å². The molecule has 0 atom stereocenters. The van der Waals surface area contributed by atoms with Crippen LogP contribution in [-0.2, 0) is 0 Å². The van der Waals surface area contributed by atoms with Gasteiger partial charge in [0.2, 0.25) is 0 Å². The summed E-state index contributed by atoms with van der Waals surface area (Å²) in [6.45, 7) is 3.91. The maximum atomic E-state index is 12.0. The van der Waals surface area contributed by atoms with Crippen molar-refractivity contribution in [3.8, 4) is 10.4 Å². The van der Waals surface area contributed by atoms with Crippen molar-refractivity contribution in [2.75, 3.05) is 5.32 Å². The van der Waals surface area contributed by atoms with Crippen molar-refractivity contribution in [1.82, 2.24) is 15.0 Å². The van der Waals surface area contributed by atoms with Crippen LogP contribution in [0.1, 0.15) is 11.3 Å². The lowest BCUT2D eigenvalue weighted by Crippen LogP contribution is -2.08. The van der Waals surface area contributed by atoms with E-state index in [1.54, 1.807) is 17.5 Å². The quantitative estimate of drug-likeness (QED) is 0.384. The molecule has 5 aromatic rings. The van der Waals surface area contributed by atoms with Crippen LogP contribution in [0.25, 0.3) is 31.6 Å². The molecule has 3 N–H and O–H groups in total. The van der Waals surface area contributed by atoms with Crippen LogP contribution in [0.3, 0.4) is 0 Å². The van der Waals surface area contributed by atoms with Crippen molar-refractivity contribution in [3.63, 3.8) is 0 Å². The number of thiophene rings is 1. The number of H-pyrrole nitrogens is 2. The Labute approximate surface area is 165 Å². The van der Waals surface area contributed by atoms with Gasteiger partial charge in [-0.1, -0.05) is 0 Å². The highest BCUT2D eigenvalue weighted by molar-refractivity contribution is 7.22. The van der Waals surface area contributed by atoms with Gasteiger partial charge >= 0.3 is 0 Å². The molecule has 1 aromatic carbocycles. The van der Waals surface area contributed by atoms with Gasteiger partial charge in [0.1, 0.15) is 0 Å². The molecule has 4 aromatic heterocycles. The smallest absolute Gasteiger partial charge is 0.251 e. The lowest BCUT2D eigenvalue weighted by atomic mass is 10.1. The SMILES string of the molecule is Cc1cc2cc(Nc3ccnc4cc(-c5cc[nH]c(=O)c5C)sc34)ccc2[nH]1. The summed E-state index contributed by atoms with van der Waals surface area (Å²) in [5.74, 6) is 0. The Kier molecular flexibility index (Phi) is 3.80. The van der Waals surface area contributed by atoms with Crippen LogP contribution < -0.4 is 10.9 Å². The highest BCUT2D eigenvalue weighted by Crippen LogP contribution is 2.38. The molecule has 5 rings (SSSR count). The van der Waals surface area contributed by atoms with E-state index >= 15 is 0 Å². The number of fused-ring (bicyclic) bond motifs is 2. The molecule has 0 radical (unpaired) electrons. The second-order valence-electron chi connectivity index (χ2n) is 6.91. The number of pyridine rings is 2. The minimum atomic E-state index is -0.0589. The van der Waals surface area contributed by atoms with Gasteiger partial charge in [-0.05, 0) is 56.3 Å². The number of hydrogen-bond donors (Lipinski definition) is 3. The zero-order chi connectivity index (χ0) is 19.3. The summed E-state index contributed by atoms with van der Waals surface area (Å²) in [5, 5.41) is 4.71. The van der Waals surface area contributed by atoms with E-state index in [1.807, 2.05) is 31.3 Å². The average Bonchev–Trinajstić information content (AvgIpc) is 3.26. The van der Waals surface area contributed by atoms with Gasteiger partial charge in [0.15, 0.2) is 0 Å². The first-order valence-corrected chi connectivity index (χ1v) is 9.84. The molecule has 0 fully saturated rings. The van der Waals surface area contributed by atoms with Crippen LogP contribution in [0.2, 0.25) is 0 Å². The normalized spacial score (nSPS) is 11.4. The Balaban J connectivity index is 1.58. The van der Waals surface area contributed by atoms with Crippen LogP contribution in [0, 0.1) is 13.8 Å². The van der Waals surface area contributed by atoms with Crippen molar-refractivity contribution in [2.45, 2.75) is 13.8 Å². The third kappa shape index (κ3) is 2.78. The third-order valence-electron chi connectivity index (χ3n) is 4.92. The third-order valence-corrected chi connectivity index (χ3v) is 6.11. The highest BCUT2D eigenvalue weighted by atomic mass is 32.1. The molecule has 5 nitrogen and oxygen atoms in total. The molecule has 4 heterocycles. The number of rotatable bonds is 3. The number of nitrogens with one attached hydrogen (secondary N) is 3. The molecule has 0 bridgehead atoms. The molecular formula is C22H18N4OS. The Morgan fingerprint density at radius 1 is 1.07 bits per heavy atom. The van der Waals surface area contributed by atoms with Crippen LogP contribution >= 0.6 is 11.3 Å². The lowest BCUT2D eigenvalue weighted by Gasteiger charge is -2.07. The van der Waals surface area contributed by atoms with Gasteiger partial charge in [-0.3, -0.25) is 9.78 Å². The van der Waals surface area contributed by atoms with E-state index in [9.17, 15) is 4.79 Å². The summed E-state index contributed by atoms with van der Waals surface area (Å²) in [6.07, 6.45) is 3.50. The summed E-state index contributed by atoms with van der Waals surface area (Å²) in [4.78, 5) is 23.6. The zero-order valence-electron chi connectivity index (χ0n) is 15.5.